The van der Waals surface area contributed by atoms with Crippen LogP contribution in [0.25, 0.3) is 5.69 Å². The predicted molar refractivity (Wildman–Crippen MR) is 75.8 cm³/mol. The lowest BCUT2D eigenvalue weighted by Gasteiger charge is -2.32. The number of anilines is 1. The van der Waals surface area contributed by atoms with Crippen molar-refractivity contribution in [3.63, 3.8) is 0 Å². The van der Waals surface area contributed by atoms with Crippen LogP contribution in [-0.2, 0) is 6.54 Å². The number of aromatic nitrogens is 2. The molecule has 7 nitrogen and oxygen atoms in total. The number of hydrogen-bond donors (Lipinski definition) is 1. The number of para-hydroxylation sites is 2. The number of fused-ring (bicyclic) bond motifs is 3. The molecule has 1 aromatic carbocycles. The lowest BCUT2D eigenvalue weighted by molar-refractivity contribution is 0.0689. The zero-order chi connectivity index (χ0) is 15.1. The highest BCUT2D eigenvalue weighted by molar-refractivity contribution is 5.96. The van der Waals surface area contributed by atoms with Gasteiger partial charge in [0.1, 0.15) is 6.33 Å². The van der Waals surface area contributed by atoms with Crippen molar-refractivity contribution < 1.29 is 14.7 Å². The smallest absolute Gasteiger partial charge is 0.356 e. The zero-order valence-corrected chi connectivity index (χ0v) is 11.6. The minimum absolute atomic E-state index is 0.0268. The minimum atomic E-state index is -1.10. The van der Waals surface area contributed by atoms with Gasteiger partial charge >= 0.3 is 12.0 Å². The van der Waals surface area contributed by atoms with Gasteiger partial charge in [-0.25, -0.2) is 14.6 Å². The molecule has 2 aromatic rings. The Kier molecular flexibility index (Phi) is 2.90. The number of carboxylic acid groups (broad SMARTS) is 1. The summed E-state index contributed by atoms with van der Waals surface area (Å²) in [5, 5.41) is 9.22. The highest BCUT2D eigenvalue weighted by atomic mass is 16.4. The average Bonchev–Trinajstić information content (AvgIpc) is 2.89. The summed E-state index contributed by atoms with van der Waals surface area (Å²) in [5.74, 6) is -1.10. The van der Waals surface area contributed by atoms with Crippen molar-refractivity contribution in [2.45, 2.75) is 6.54 Å². The summed E-state index contributed by atoms with van der Waals surface area (Å²) in [7, 11) is 3.32. The largest absolute Gasteiger partial charge is 0.476 e. The number of aromatic carboxylic acids is 1. The Morgan fingerprint density at radius 3 is 2.52 bits per heavy atom. The SMILES string of the molecule is CN(C)C(=O)N1Cc2c(C(=O)O)ncn2-c2ccccc21. The lowest BCUT2D eigenvalue weighted by Crippen LogP contribution is -2.41. The molecule has 1 N–H and O–H groups in total. The van der Waals surface area contributed by atoms with E-state index in [-0.39, 0.29) is 18.3 Å². The van der Waals surface area contributed by atoms with Gasteiger partial charge in [0.25, 0.3) is 0 Å². The Morgan fingerprint density at radius 2 is 1.90 bits per heavy atom. The third-order valence-electron chi connectivity index (χ3n) is 3.42. The van der Waals surface area contributed by atoms with Gasteiger partial charge in [-0.15, -0.1) is 0 Å². The number of hydrogen-bond acceptors (Lipinski definition) is 3. The van der Waals surface area contributed by atoms with Crippen molar-refractivity contribution in [1.29, 1.82) is 0 Å². The molecule has 21 heavy (non-hydrogen) atoms. The van der Waals surface area contributed by atoms with E-state index in [4.69, 9.17) is 0 Å². The average molecular weight is 286 g/mol. The summed E-state index contributed by atoms with van der Waals surface area (Å²) < 4.78 is 1.72. The van der Waals surface area contributed by atoms with Crippen LogP contribution in [0.5, 0.6) is 0 Å². The molecule has 0 unspecified atom stereocenters. The molecule has 0 spiro atoms. The molecule has 7 heteroatoms. The van der Waals surface area contributed by atoms with E-state index in [1.807, 2.05) is 24.3 Å². The van der Waals surface area contributed by atoms with Crippen LogP contribution in [-0.4, -0.2) is 45.7 Å². The van der Waals surface area contributed by atoms with E-state index in [0.717, 1.165) is 11.4 Å². The fourth-order valence-corrected chi connectivity index (χ4v) is 2.45. The monoisotopic (exact) mass is 286 g/mol. The predicted octanol–water partition coefficient (Wildman–Crippen LogP) is 1.57. The maximum atomic E-state index is 12.3. The number of carbonyl (C=O) groups excluding carboxylic acids is 1. The first-order chi connectivity index (χ1) is 10.0. The molecule has 3 rings (SSSR count). The fraction of sp³-hybridized carbons (Fsp3) is 0.214. The molecule has 0 aliphatic carbocycles. The van der Waals surface area contributed by atoms with E-state index in [9.17, 15) is 14.7 Å². The summed E-state index contributed by atoms with van der Waals surface area (Å²) in [6.45, 7) is 0.176. The number of carboxylic acids is 1. The second-order valence-corrected chi connectivity index (χ2v) is 4.97. The van der Waals surface area contributed by atoms with Gasteiger partial charge in [-0.05, 0) is 12.1 Å². The molecule has 0 saturated carbocycles. The van der Waals surface area contributed by atoms with Gasteiger partial charge in [-0.2, -0.15) is 0 Å². The Labute approximate surface area is 121 Å². The molecule has 1 aliphatic rings. The van der Waals surface area contributed by atoms with Crippen molar-refractivity contribution >= 4 is 17.7 Å². The number of benzene rings is 1. The first-order valence-corrected chi connectivity index (χ1v) is 6.38. The number of urea groups is 1. The van der Waals surface area contributed by atoms with Crippen LogP contribution < -0.4 is 4.90 Å². The summed E-state index contributed by atoms with van der Waals surface area (Å²) in [4.78, 5) is 30.6. The van der Waals surface area contributed by atoms with E-state index >= 15 is 0 Å². The topological polar surface area (TPSA) is 78.7 Å². The van der Waals surface area contributed by atoms with Crippen LogP contribution in [0.15, 0.2) is 30.6 Å². The van der Waals surface area contributed by atoms with Crippen molar-refractivity contribution in [2.75, 3.05) is 19.0 Å². The molecule has 1 aliphatic heterocycles. The molecular formula is C14H14N4O3. The Morgan fingerprint density at radius 1 is 1.24 bits per heavy atom. The fourth-order valence-electron chi connectivity index (χ4n) is 2.45. The first kappa shape index (κ1) is 13.2. The molecule has 0 fully saturated rings. The number of carbonyl (C=O) groups is 2. The maximum Gasteiger partial charge on any atom is 0.356 e. The van der Waals surface area contributed by atoms with Crippen molar-refractivity contribution in [2.24, 2.45) is 0 Å². The van der Waals surface area contributed by atoms with Gasteiger partial charge < -0.3 is 10.0 Å². The van der Waals surface area contributed by atoms with E-state index in [1.165, 1.54) is 11.2 Å². The number of imidazole rings is 1. The lowest BCUT2D eigenvalue weighted by atomic mass is 10.1. The molecule has 1 aromatic heterocycles. The molecule has 0 bridgehead atoms. The quantitative estimate of drug-likeness (QED) is 0.863. The molecule has 0 atom stereocenters. The van der Waals surface area contributed by atoms with Crippen molar-refractivity contribution in [3.8, 4) is 5.69 Å². The third-order valence-corrected chi connectivity index (χ3v) is 3.42. The second kappa shape index (κ2) is 4.62. The van der Waals surface area contributed by atoms with Crippen LogP contribution >= 0.6 is 0 Å². The normalized spacial score (nSPS) is 12.6. The van der Waals surface area contributed by atoms with Crippen LogP contribution in [0, 0.1) is 0 Å². The Balaban J connectivity index is 2.19. The third kappa shape index (κ3) is 1.94. The van der Waals surface area contributed by atoms with Crippen molar-refractivity contribution in [3.05, 3.63) is 42.0 Å². The van der Waals surface area contributed by atoms with Gasteiger partial charge in [0.2, 0.25) is 0 Å². The Bertz CT molecular complexity index is 736. The number of amides is 2. The molecule has 0 radical (unpaired) electrons. The summed E-state index contributed by atoms with van der Waals surface area (Å²) in [6, 6.07) is 7.15. The van der Waals surface area contributed by atoms with Crippen LogP contribution in [0.4, 0.5) is 10.5 Å². The maximum absolute atomic E-state index is 12.3. The zero-order valence-electron chi connectivity index (χ0n) is 11.6. The van der Waals surface area contributed by atoms with Gasteiger partial charge in [0, 0.05) is 14.1 Å². The second-order valence-electron chi connectivity index (χ2n) is 4.97. The van der Waals surface area contributed by atoms with E-state index in [1.54, 1.807) is 23.6 Å². The number of rotatable bonds is 1. The van der Waals surface area contributed by atoms with Gasteiger partial charge in [0.05, 0.1) is 23.6 Å². The summed E-state index contributed by atoms with van der Waals surface area (Å²) >= 11 is 0. The van der Waals surface area contributed by atoms with E-state index in [0.29, 0.717) is 5.69 Å². The van der Waals surface area contributed by atoms with Gasteiger partial charge in [0.15, 0.2) is 5.69 Å². The van der Waals surface area contributed by atoms with E-state index < -0.39 is 5.97 Å². The molecule has 2 heterocycles. The molecule has 0 saturated heterocycles. The van der Waals surface area contributed by atoms with E-state index in [2.05, 4.69) is 4.98 Å². The molecule has 2 amide bonds. The van der Waals surface area contributed by atoms with Gasteiger partial charge in [-0.1, -0.05) is 12.1 Å². The summed E-state index contributed by atoms with van der Waals surface area (Å²) in [5.41, 5.74) is 1.95. The minimum Gasteiger partial charge on any atom is -0.476 e. The molecular weight excluding hydrogens is 272 g/mol. The number of nitrogens with zero attached hydrogens (tertiary/aromatic N) is 4. The first-order valence-electron chi connectivity index (χ1n) is 6.38. The van der Waals surface area contributed by atoms with Crippen molar-refractivity contribution in [1.82, 2.24) is 14.5 Å². The highest BCUT2D eigenvalue weighted by Crippen LogP contribution is 2.33. The van der Waals surface area contributed by atoms with Crippen LogP contribution in [0.2, 0.25) is 0 Å². The standard InChI is InChI=1S/C14H14N4O3/c1-16(2)14(21)17-7-11-12(13(19)20)15-8-18(11)10-6-4-3-5-9(10)17/h3-6,8H,7H2,1-2H3,(H,19,20). The Hall–Kier alpha value is -2.83. The van der Waals surface area contributed by atoms with Crippen LogP contribution in [0.3, 0.4) is 0 Å². The van der Waals surface area contributed by atoms with Crippen LogP contribution in [0.1, 0.15) is 16.2 Å². The highest BCUT2D eigenvalue weighted by Gasteiger charge is 2.31. The molecule has 108 valence electrons. The van der Waals surface area contributed by atoms with Gasteiger partial charge in [-0.3, -0.25) is 9.47 Å². The summed E-state index contributed by atoms with van der Waals surface area (Å²) in [6.07, 6.45) is 1.48.